The van der Waals surface area contributed by atoms with Crippen LogP contribution in [0.4, 0.5) is 0 Å². The van der Waals surface area contributed by atoms with Gasteiger partial charge in [0.25, 0.3) is 0 Å². The quantitative estimate of drug-likeness (QED) is 0.702. The molecule has 1 heterocycles. The van der Waals surface area contributed by atoms with Crippen LogP contribution in [0.15, 0.2) is 41.8 Å². The molecule has 2 rings (SSSR count). The average molecular weight is 303 g/mol. The van der Waals surface area contributed by atoms with Crippen molar-refractivity contribution in [3.05, 3.63) is 52.2 Å². The lowest BCUT2D eigenvalue weighted by atomic mass is 9.94. The van der Waals surface area contributed by atoms with Gasteiger partial charge in [-0.1, -0.05) is 31.2 Å². The Hall–Kier alpha value is -1.32. The number of hydrogen-bond donors (Lipinski definition) is 1. The molecule has 0 saturated carbocycles. The highest BCUT2D eigenvalue weighted by atomic mass is 32.1. The molecule has 3 heteroatoms. The molecule has 0 amide bonds. The maximum Gasteiger partial charge on any atom is 0.122 e. The van der Waals surface area contributed by atoms with Gasteiger partial charge in [0.15, 0.2) is 0 Å². The molecule has 2 aromatic rings. The minimum absolute atomic E-state index is 0.603. The fourth-order valence-electron chi connectivity index (χ4n) is 2.60. The molecule has 0 radical (unpaired) electrons. The molecule has 0 aliphatic carbocycles. The molecule has 2 nitrogen and oxygen atoms in total. The van der Waals surface area contributed by atoms with Crippen LogP contribution in [0.5, 0.6) is 5.75 Å². The van der Waals surface area contributed by atoms with E-state index in [0.717, 1.165) is 31.7 Å². The van der Waals surface area contributed by atoms with Crippen LogP contribution < -0.4 is 10.1 Å². The summed E-state index contributed by atoms with van der Waals surface area (Å²) in [5, 5.41) is 5.73. The van der Waals surface area contributed by atoms with Gasteiger partial charge in [-0.25, -0.2) is 0 Å². The largest absolute Gasteiger partial charge is 0.496 e. The minimum Gasteiger partial charge on any atom is -0.496 e. The number of hydrogen-bond acceptors (Lipinski definition) is 3. The predicted molar refractivity (Wildman–Crippen MR) is 91.4 cm³/mol. The summed E-state index contributed by atoms with van der Waals surface area (Å²) in [6.45, 7) is 4.36. The summed E-state index contributed by atoms with van der Waals surface area (Å²) >= 11 is 1.85. The maximum atomic E-state index is 5.49. The number of ether oxygens (including phenoxy) is 1. The second-order valence-corrected chi connectivity index (χ2v) is 6.40. The van der Waals surface area contributed by atoms with Crippen molar-refractivity contribution in [2.75, 3.05) is 20.2 Å². The molecule has 0 fully saturated rings. The lowest BCUT2D eigenvalue weighted by Crippen LogP contribution is -2.26. The van der Waals surface area contributed by atoms with E-state index in [-0.39, 0.29) is 0 Å². The summed E-state index contributed by atoms with van der Waals surface area (Å²) in [6, 6.07) is 12.7. The standard InChI is InChI=1S/C18H25NOS/c1-3-10-19-14-15(13-17-8-6-11-21-17)12-16-7-4-5-9-18(16)20-2/h4-9,11,15,19H,3,10,12-14H2,1-2H3. The van der Waals surface area contributed by atoms with Gasteiger partial charge < -0.3 is 10.1 Å². The van der Waals surface area contributed by atoms with E-state index in [1.54, 1.807) is 7.11 Å². The Morgan fingerprint density at radius 1 is 1.14 bits per heavy atom. The zero-order valence-corrected chi connectivity index (χ0v) is 13.8. The first-order valence-electron chi connectivity index (χ1n) is 7.68. The third-order valence-corrected chi connectivity index (χ3v) is 4.53. The van der Waals surface area contributed by atoms with Crippen molar-refractivity contribution in [3.63, 3.8) is 0 Å². The SMILES string of the molecule is CCCNCC(Cc1cccs1)Cc1ccccc1OC. The maximum absolute atomic E-state index is 5.49. The molecule has 1 aromatic carbocycles. The van der Waals surface area contributed by atoms with Crippen molar-refractivity contribution in [3.8, 4) is 5.75 Å². The lowest BCUT2D eigenvalue weighted by molar-refractivity contribution is 0.400. The Kier molecular flexibility index (Phi) is 6.77. The molecule has 0 aliphatic heterocycles. The molecule has 1 N–H and O–H groups in total. The molecule has 114 valence electrons. The lowest BCUT2D eigenvalue weighted by Gasteiger charge is -2.18. The number of rotatable bonds is 9. The van der Waals surface area contributed by atoms with Crippen LogP contribution in [0.1, 0.15) is 23.8 Å². The van der Waals surface area contributed by atoms with Crippen LogP contribution in [-0.4, -0.2) is 20.2 Å². The highest BCUT2D eigenvalue weighted by Gasteiger charge is 2.13. The summed E-state index contributed by atoms with van der Waals surface area (Å²) in [5.41, 5.74) is 1.31. The van der Waals surface area contributed by atoms with E-state index in [9.17, 15) is 0 Å². The summed E-state index contributed by atoms with van der Waals surface area (Å²) in [6.07, 6.45) is 3.37. The van der Waals surface area contributed by atoms with E-state index < -0.39 is 0 Å². The van der Waals surface area contributed by atoms with Gasteiger partial charge in [0.1, 0.15) is 5.75 Å². The smallest absolute Gasteiger partial charge is 0.122 e. The fraction of sp³-hybridized carbons (Fsp3) is 0.444. The highest BCUT2D eigenvalue weighted by Crippen LogP contribution is 2.23. The van der Waals surface area contributed by atoms with E-state index in [4.69, 9.17) is 4.74 Å². The normalized spacial score (nSPS) is 12.3. The number of benzene rings is 1. The molecule has 0 bridgehead atoms. The Morgan fingerprint density at radius 3 is 2.71 bits per heavy atom. The van der Waals surface area contributed by atoms with Crippen LogP contribution in [0.2, 0.25) is 0 Å². The van der Waals surface area contributed by atoms with E-state index >= 15 is 0 Å². The highest BCUT2D eigenvalue weighted by molar-refractivity contribution is 7.09. The zero-order chi connectivity index (χ0) is 14.9. The van der Waals surface area contributed by atoms with Crippen molar-refractivity contribution in [2.24, 2.45) is 5.92 Å². The van der Waals surface area contributed by atoms with Crippen molar-refractivity contribution in [2.45, 2.75) is 26.2 Å². The van der Waals surface area contributed by atoms with Crippen molar-refractivity contribution in [1.82, 2.24) is 5.32 Å². The third kappa shape index (κ3) is 5.18. The Labute approximate surface area is 132 Å². The second kappa shape index (κ2) is 8.85. The molecular weight excluding hydrogens is 278 g/mol. The van der Waals surface area contributed by atoms with Gasteiger partial charge in [-0.2, -0.15) is 0 Å². The van der Waals surface area contributed by atoms with Crippen molar-refractivity contribution in [1.29, 1.82) is 0 Å². The topological polar surface area (TPSA) is 21.3 Å². The summed E-state index contributed by atoms with van der Waals surface area (Å²) in [4.78, 5) is 1.47. The molecule has 0 aliphatic rings. The fourth-order valence-corrected chi connectivity index (χ4v) is 3.42. The van der Waals surface area contributed by atoms with Crippen LogP contribution >= 0.6 is 11.3 Å². The van der Waals surface area contributed by atoms with Crippen molar-refractivity contribution >= 4 is 11.3 Å². The average Bonchev–Trinajstić information content (AvgIpc) is 3.01. The van der Waals surface area contributed by atoms with Crippen LogP contribution in [0, 0.1) is 5.92 Å². The molecule has 21 heavy (non-hydrogen) atoms. The number of nitrogens with one attached hydrogen (secondary N) is 1. The van der Waals surface area contributed by atoms with Crippen LogP contribution in [0.3, 0.4) is 0 Å². The van der Waals surface area contributed by atoms with E-state index in [1.165, 1.54) is 16.9 Å². The van der Waals surface area contributed by atoms with E-state index in [0.29, 0.717) is 5.92 Å². The summed E-state index contributed by atoms with van der Waals surface area (Å²) in [5.74, 6) is 1.61. The minimum atomic E-state index is 0.603. The number of methoxy groups -OCH3 is 1. The Bertz CT molecular complexity index is 510. The van der Waals surface area contributed by atoms with Gasteiger partial charge in [-0.3, -0.25) is 0 Å². The number of thiophene rings is 1. The van der Waals surface area contributed by atoms with Crippen molar-refractivity contribution < 1.29 is 4.74 Å². The predicted octanol–water partition coefficient (Wildman–Crippen LogP) is 4.16. The molecule has 1 atom stereocenters. The van der Waals surface area contributed by atoms with E-state index in [2.05, 4.69) is 48.0 Å². The molecule has 1 aromatic heterocycles. The van der Waals surface area contributed by atoms with Gasteiger partial charge in [0.05, 0.1) is 7.11 Å². The third-order valence-electron chi connectivity index (χ3n) is 3.63. The second-order valence-electron chi connectivity index (χ2n) is 5.37. The summed E-state index contributed by atoms with van der Waals surface area (Å²) < 4.78 is 5.49. The molecule has 1 unspecified atom stereocenters. The first-order chi connectivity index (χ1) is 10.3. The molecule has 0 spiro atoms. The number of para-hydroxylation sites is 1. The first kappa shape index (κ1) is 16.1. The first-order valence-corrected chi connectivity index (χ1v) is 8.56. The Balaban J connectivity index is 2.03. The van der Waals surface area contributed by atoms with E-state index in [1.807, 2.05) is 17.4 Å². The summed E-state index contributed by atoms with van der Waals surface area (Å²) in [7, 11) is 1.75. The van der Waals surface area contributed by atoms with Gasteiger partial charge in [-0.15, -0.1) is 11.3 Å². The van der Waals surface area contributed by atoms with Gasteiger partial charge in [0, 0.05) is 4.88 Å². The molecule has 0 saturated heterocycles. The monoisotopic (exact) mass is 303 g/mol. The van der Waals surface area contributed by atoms with Crippen LogP contribution in [0.25, 0.3) is 0 Å². The van der Waals surface area contributed by atoms with Gasteiger partial charge >= 0.3 is 0 Å². The Morgan fingerprint density at radius 2 is 2.00 bits per heavy atom. The van der Waals surface area contributed by atoms with Gasteiger partial charge in [-0.05, 0) is 61.3 Å². The molecular formula is C18H25NOS. The van der Waals surface area contributed by atoms with Crippen LogP contribution in [-0.2, 0) is 12.8 Å². The zero-order valence-electron chi connectivity index (χ0n) is 13.0. The van der Waals surface area contributed by atoms with Gasteiger partial charge in [0.2, 0.25) is 0 Å².